The van der Waals surface area contributed by atoms with Gasteiger partial charge in [-0.05, 0) is 81.7 Å². The minimum atomic E-state index is 0.0268. The Bertz CT molecular complexity index is 1070. The van der Waals surface area contributed by atoms with Gasteiger partial charge in [0.2, 0.25) is 0 Å². The van der Waals surface area contributed by atoms with Crippen LogP contribution in [0.5, 0.6) is 5.75 Å². The van der Waals surface area contributed by atoms with Crippen molar-refractivity contribution in [1.82, 2.24) is 20.2 Å². The number of hydrogen-bond donors (Lipinski definition) is 1. The van der Waals surface area contributed by atoms with Crippen molar-refractivity contribution in [2.75, 3.05) is 19.6 Å². The number of fused-ring (bicyclic) bond motifs is 1. The van der Waals surface area contributed by atoms with Gasteiger partial charge in [0.25, 0.3) is 5.91 Å². The molecule has 2 aliphatic rings. The first-order valence-electron chi connectivity index (χ1n) is 12.7. The molecule has 1 aliphatic carbocycles. The standard InChI is InChI=1S/C28H34N4O2/c33-28(26-11-17-30-27-4-2-1-3-25(26)27)31-22-7-5-21(6-8-22)12-18-32-19-13-24(14-20-32)34-23-9-15-29-16-10-23/h1-4,9-11,15-17,21-22,24H,5-8,12-14,18-20H2,(H,31,33)/t21-,22-. The third-order valence-corrected chi connectivity index (χ3v) is 7.42. The number of para-hydroxylation sites is 1. The van der Waals surface area contributed by atoms with Gasteiger partial charge >= 0.3 is 0 Å². The number of likely N-dealkylation sites (tertiary alicyclic amines) is 1. The van der Waals surface area contributed by atoms with Crippen LogP contribution in [0, 0.1) is 5.92 Å². The first kappa shape index (κ1) is 22.8. The van der Waals surface area contributed by atoms with Crippen LogP contribution in [0.15, 0.2) is 61.1 Å². The fourth-order valence-electron chi connectivity index (χ4n) is 5.38. The largest absolute Gasteiger partial charge is 0.490 e. The summed E-state index contributed by atoms with van der Waals surface area (Å²) in [6, 6.07) is 13.8. The molecule has 0 atom stereocenters. The average molecular weight is 459 g/mol. The van der Waals surface area contributed by atoms with Crippen molar-refractivity contribution in [3.05, 3.63) is 66.6 Å². The molecule has 0 bridgehead atoms. The van der Waals surface area contributed by atoms with Crippen molar-refractivity contribution in [1.29, 1.82) is 0 Å². The molecule has 3 aromatic rings. The van der Waals surface area contributed by atoms with E-state index >= 15 is 0 Å². The number of hydrogen-bond acceptors (Lipinski definition) is 5. The molecular formula is C28H34N4O2. The molecule has 1 amide bonds. The van der Waals surface area contributed by atoms with Crippen molar-refractivity contribution < 1.29 is 9.53 Å². The molecule has 3 heterocycles. The van der Waals surface area contributed by atoms with Crippen LogP contribution in [-0.4, -0.2) is 52.6 Å². The average Bonchev–Trinajstić information content (AvgIpc) is 2.89. The molecule has 0 radical (unpaired) electrons. The summed E-state index contributed by atoms with van der Waals surface area (Å²) in [6.07, 6.45) is 13.6. The van der Waals surface area contributed by atoms with E-state index in [4.69, 9.17) is 4.74 Å². The summed E-state index contributed by atoms with van der Waals surface area (Å²) in [4.78, 5) is 23.9. The minimum absolute atomic E-state index is 0.0268. The lowest BCUT2D eigenvalue weighted by Gasteiger charge is -2.34. The Kier molecular flexibility index (Phi) is 7.34. The minimum Gasteiger partial charge on any atom is -0.490 e. The lowest BCUT2D eigenvalue weighted by Crippen LogP contribution is -2.40. The highest BCUT2D eigenvalue weighted by Gasteiger charge is 2.25. The molecule has 0 unspecified atom stereocenters. The summed E-state index contributed by atoms with van der Waals surface area (Å²) in [5.41, 5.74) is 1.59. The Morgan fingerprint density at radius 3 is 2.50 bits per heavy atom. The van der Waals surface area contributed by atoms with E-state index in [-0.39, 0.29) is 11.9 Å². The number of nitrogens with zero attached hydrogens (tertiary/aromatic N) is 3. The zero-order valence-electron chi connectivity index (χ0n) is 19.7. The maximum atomic E-state index is 12.9. The Morgan fingerprint density at radius 2 is 1.71 bits per heavy atom. The van der Waals surface area contributed by atoms with Gasteiger partial charge in [0.05, 0.1) is 11.1 Å². The number of carbonyl (C=O) groups excluding carboxylic acids is 1. The number of ether oxygens (including phenoxy) is 1. The second kappa shape index (κ2) is 11.0. The number of pyridine rings is 2. The van der Waals surface area contributed by atoms with E-state index in [2.05, 4.69) is 20.2 Å². The van der Waals surface area contributed by atoms with E-state index in [0.717, 1.165) is 66.9 Å². The summed E-state index contributed by atoms with van der Waals surface area (Å²) in [5.74, 6) is 1.72. The van der Waals surface area contributed by atoms with Crippen molar-refractivity contribution in [3.8, 4) is 5.75 Å². The lowest BCUT2D eigenvalue weighted by molar-refractivity contribution is 0.0898. The molecule has 1 saturated heterocycles. The summed E-state index contributed by atoms with van der Waals surface area (Å²) in [7, 11) is 0. The van der Waals surface area contributed by atoms with Crippen molar-refractivity contribution in [3.63, 3.8) is 0 Å². The van der Waals surface area contributed by atoms with E-state index in [1.165, 1.54) is 25.8 Å². The zero-order valence-corrected chi connectivity index (χ0v) is 19.7. The molecule has 1 N–H and O–H groups in total. The molecule has 5 rings (SSSR count). The predicted octanol–water partition coefficient (Wildman–Crippen LogP) is 4.85. The topological polar surface area (TPSA) is 67.4 Å². The van der Waals surface area contributed by atoms with Gasteiger partial charge in [0, 0.05) is 43.1 Å². The number of piperidine rings is 1. The Balaban J connectivity index is 1.02. The number of nitrogens with one attached hydrogen (secondary N) is 1. The SMILES string of the molecule is O=C(N[C@H]1CC[C@H](CCN2CCC(Oc3ccncc3)CC2)CC1)c1ccnc2ccccc12. The van der Waals surface area contributed by atoms with Gasteiger partial charge < -0.3 is 15.0 Å². The highest BCUT2D eigenvalue weighted by molar-refractivity contribution is 6.06. The first-order chi connectivity index (χ1) is 16.7. The summed E-state index contributed by atoms with van der Waals surface area (Å²) in [5, 5.41) is 4.21. The van der Waals surface area contributed by atoms with Gasteiger partial charge in [0.1, 0.15) is 11.9 Å². The fourth-order valence-corrected chi connectivity index (χ4v) is 5.38. The van der Waals surface area contributed by atoms with Crippen LogP contribution in [0.25, 0.3) is 10.9 Å². The monoisotopic (exact) mass is 458 g/mol. The molecular weight excluding hydrogens is 424 g/mol. The second-order valence-corrected chi connectivity index (χ2v) is 9.70. The number of rotatable bonds is 7. The third-order valence-electron chi connectivity index (χ3n) is 7.42. The molecule has 178 valence electrons. The van der Waals surface area contributed by atoms with Gasteiger partial charge in [-0.1, -0.05) is 18.2 Å². The predicted molar refractivity (Wildman–Crippen MR) is 134 cm³/mol. The van der Waals surface area contributed by atoms with Crippen molar-refractivity contribution in [2.45, 2.75) is 57.1 Å². The molecule has 6 heteroatoms. The summed E-state index contributed by atoms with van der Waals surface area (Å²) in [6.45, 7) is 3.40. The molecule has 1 saturated carbocycles. The fraction of sp³-hybridized carbons (Fsp3) is 0.464. The van der Waals surface area contributed by atoms with Crippen molar-refractivity contribution in [2.24, 2.45) is 5.92 Å². The number of amides is 1. The quantitative estimate of drug-likeness (QED) is 0.548. The van der Waals surface area contributed by atoms with Crippen LogP contribution in [0.4, 0.5) is 0 Å². The highest BCUT2D eigenvalue weighted by Crippen LogP contribution is 2.28. The normalized spacial score (nSPS) is 21.9. The molecule has 34 heavy (non-hydrogen) atoms. The molecule has 1 aliphatic heterocycles. The van der Waals surface area contributed by atoms with Crippen LogP contribution in [0.2, 0.25) is 0 Å². The van der Waals surface area contributed by atoms with Gasteiger partial charge in [-0.25, -0.2) is 0 Å². The Morgan fingerprint density at radius 1 is 0.941 bits per heavy atom. The van der Waals surface area contributed by atoms with E-state index in [9.17, 15) is 4.79 Å². The molecule has 1 aromatic carbocycles. The number of benzene rings is 1. The van der Waals surface area contributed by atoms with Crippen LogP contribution >= 0.6 is 0 Å². The molecule has 2 fully saturated rings. The molecule has 2 aromatic heterocycles. The van der Waals surface area contributed by atoms with Gasteiger partial charge in [0.15, 0.2) is 0 Å². The summed E-state index contributed by atoms with van der Waals surface area (Å²) < 4.78 is 6.09. The van der Waals surface area contributed by atoms with Gasteiger partial charge in [-0.15, -0.1) is 0 Å². The maximum absolute atomic E-state index is 12.9. The Hall–Kier alpha value is -2.99. The van der Waals surface area contributed by atoms with Crippen molar-refractivity contribution >= 4 is 16.8 Å². The van der Waals surface area contributed by atoms with Crippen LogP contribution < -0.4 is 10.1 Å². The van der Waals surface area contributed by atoms with Crippen LogP contribution in [0.3, 0.4) is 0 Å². The van der Waals surface area contributed by atoms with Gasteiger partial charge in [-0.2, -0.15) is 0 Å². The smallest absolute Gasteiger partial charge is 0.252 e. The number of carbonyl (C=O) groups is 1. The third kappa shape index (κ3) is 5.73. The van der Waals surface area contributed by atoms with Crippen LogP contribution in [0.1, 0.15) is 55.3 Å². The molecule has 0 spiro atoms. The highest BCUT2D eigenvalue weighted by atomic mass is 16.5. The first-order valence-corrected chi connectivity index (χ1v) is 12.7. The number of aromatic nitrogens is 2. The van der Waals surface area contributed by atoms with E-state index in [1.807, 2.05) is 42.5 Å². The van der Waals surface area contributed by atoms with Crippen LogP contribution in [-0.2, 0) is 0 Å². The molecule has 6 nitrogen and oxygen atoms in total. The lowest BCUT2D eigenvalue weighted by atomic mass is 9.83. The van der Waals surface area contributed by atoms with E-state index in [1.54, 1.807) is 18.6 Å². The zero-order chi connectivity index (χ0) is 23.2. The van der Waals surface area contributed by atoms with Gasteiger partial charge in [-0.3, -0.25) is 14.8 Å². The van der Waals surface area contributed by atoms with E-state index < -0.39 is 0 Å². The summed E-state index contributed by atoms with van der Waals surface area (Å²) >= 11 is 0. The maximum Gasteiger partial charge on any atom is 0.252 e. The second-order valence-electron chi connectivity index (χ2n) is 9.70. The Labute approximate surface area is 201 Å². The van der Waals surface area contributed by atoms with E-state index in [0.29, 0.717) is 6.10 Å².